The molecule has 0 atom stereocenters. The Balaban J connectivity index is 3.02. The number of carbonyl (C=O) groups is 1. The number of nitrogens with zero attached hydrogens (tertiary/aromatic N) is 1. The van der Waals surface area contributed by atoms with Gasteiger partial charge in [0.25, 0.3) is 5.69 Å². The van der Waals surface area contributed by atoms with Gasteiger partial charge >= 0.3 is 0 Å². The summed E-state index contributed by atoms with van der Waals surface area (Å²) in [6, 6.07) is 4.97. The molecule has 19 heavy (non-hydrogen) atoms. The molecule has 1 aromatic carbocycles. The van der Waals surface area contributed by atoms with Gasteiger partial charge in [0.15, 0.2) is 4.90 Å². The van der Waals surface area contributed by atoms with Gasteiger partial charge in [0.1, 0.15) is 5.78 Å². The van der Waals surface area contributed by atoms with Crippen LogP contribution in [0.1, 0.15) is 13.8 Å². The van der Waals surface area contributed by atoms with E-state index >= 15 is 0 Å². The average Bonchev–Trinajstić information content (AvgIpc) is 2.35. The maximum Gasteiger partial charge on any atom is 0.289 e. The van der Waals surface area contributed by atoms with Crippen LogP contribution in [0.5, 0.6) is 0 Å². The number of hydrogen-bond acceptors (Lipinski definition) is 5. The molecule has 0 fully saturated rings. The number of ketones is 1. The van der Waals surface area contributed by atoms with Gasteiger partial charge in [0.05, 0.1) is 11.5 Å². The Morgan fingerprint density at radius 1 is 1.37 bits per heavy atom. The first-order valence-corrected chi connectivity index (χ1v) is 7.00. The molecule has 7 nitrogen and oxygen atoms in total. The lowest BCUT2D eigenvalue weighted by molar-refractivity contribution is -0.387. The number of hydrogen-bond donors (Lipinski definition) is 1. The molecule has 0 aliphatic rings. The maximum absolute atomic E-state index is 11.9. The number of rotatable bonds is 6. The Hall–Kier alpha value is -1.80. The van der Waals surface area contributed by atoms with Crippen molar-refractivity contribution < 1.29 is 18.1 Å². The lowest BCUT2D eigenvalue weighted by atomic mass is 10.1. The molecule has 0 saturated carbocycles. The molecule has 0 bridgehead atoms. The van der Waals surface area contributed by atoms with Crippen LogP contribution in [0.3, 0.4) is 0 Å². The van der Waals surface area contributed by atoms with Gasteiger partial charge in [-0.1, -0.05) is 26.0 Å². The summed E-state index contributed by atoms with van der Waals surface area (Å²) in [5, 5.41) is 10.8. The van der Waals surface area contributed by atoms with Crippen LogP contribution in [0.15, 0.2) is 29.2 Å². The number of para-hydroxylation sites is 1. The fourth-order valence-electron chi connectivity index (χ4n) is 1.28. The number of carbonyl (C=O) groups excluding carboxylic acids is 1. The van der Waals surface area contributed by atoms with Crippen LogP contribution in [-0.2, 0) is 14.8 Å². The summed E-state index contributed by atoms with van der Waals surface area (Å²) in [5.41, 5.74) is -0.521. The third-order valence-electron chi connectivity index (χ3n) is 2.43. The molecule has 0 saturated heterocycles. The Labute approximate surface area is 110 Å². The lowest BCUT2D eigenvalue weighted by Gasteiger charge is -2.08. The summed E-state index contributed by atoms with van der Waals surface area (Å²) in [6.45, 7) is 2.90. The molecular weight excluding hydrogens is 272 g/mol. The Kier molecular flexibility index (Phi) is 4.73. The highest BCUT2D eigenvalue weighted by atomic mass is 32.2. The van der Waals surface area contributed by atoms with E-state index in [9.17, 15) is 23.3 Å². The van der Waals surface area contributed by atoms with Gasteiger partial charge in [-0.3, -0.25) is 14.9 Å². The number of sulfonamides is 1. The van der Waals surface area contributed by atoms with E-state index in [1.807, 2.05) is 0 Å². The van der Waals surface area contributed by atoms with Crippen molar-refractivity contribution in [2.45, 2.75) is 18.7 Å². The first-order chi connectivity index (χ1) is 8.75. The first kappa shape index (κ1) is 15.3. The van der Waals surface area contributed by atoms with Crippen molar-refractivity contribution in [1.82, 2.24) is 4.72 Å². The first-order valence-electron chi connectivity index (χ1n) is 5.51. The van der Waals surface area contributed by atoms with Crippen molar-refractivity contribution in [2.75, 3.05) is 6.54 Å². The molecule has 0 spiro atoms. The predicted molar refractivity (Wildman–Crippen MR) is 68.1 cm³/mol. The van der Waals surface area contributed by atoms with Gasteiger partial charge in [-0.2, -0.15) is 0 Å². The van der Waals surface area contributed by atoms with E-state index in [0.29, 0.717) is 0 Å². The zero-order valence-electron chi connectivity index (χ0n) is 10.5. The predicted octanol–water partition coefficient (Wildman–Crippen LogP) is 1.10. The van der Waals surface area contributed by atoms with Crippen molar-refractivity contribution in [3.63, 3.8) is 0 Å². The largest absolute Gasteiger partial charge is 0.298 e. The van der Waals surface area contributed by atoms with Crippen LogP contribution in [-0.4, -0.2) is 25.7 Å². The van der Waals surface area contributed by atoms with E-state index < -0.39 is 25.5 Å². The van der Waals surface area contributed by atoms with Crippen LogP contribution in [0.2, 0.25) is 0 Å². The summed E-state index contributed by atoms with van der Waals surface area (Å²) in [4.78, 5) is 20.9. The molecule has 0 amide bonds. The molecule has 0 aliphatic heterocycles. The topological polar surface area (TPSA) is 106 Å². The van der Waals surface area contributed by atoms with Crippen molar-refractivity contribution >= 4 is 21.5 Å². The van der Waals surface area contributed by atoms with Crippen molar-refractivity contribution in [1.29, 1.82) is 0 Å². The highest BCUT2D eigenvalue weighted by Gasteiger charge is 2.25. The zero-order chi connectivity index (χ0) is 14.6. The highest BCUT2D eigenvalue weighted by Crippen LogP contribution is 2.22. The molecule has 1 rings (SSSR count). The second-order valence-electron chi connectivity index (χ2n) is 4.17. The summed E-state index contributed by atoms with van der Waals surface area (Å²) < 4.78 is 25.9. The van der Waals surface area contributed by atoms with Gasteiger partial charge in [-0.05, 0) is 6.07 Å². The van der Waals surface area contributed by atoms with Gasteiger partial charge in [-0.25, -0.2) is 13.1 Å². The fourth-order valence-corrected chi connectivity index (χ4v) is 2.45. The van der Waals surface area contributed by atoms with Crippen molar-refractivity contribution in [2.24, 2.45) is 5.92 Å². The van der Waals surface area contributed by atoms with Gasteiger partial charge in [0, 0.05) is 12.0 Å². The van der Waals surface area contributed by atoms with E-state index in [-0.39, 0.29) is 18.2 Å². The molecular formula is C11H14N2O5S. The van der Waals surface area contributed by atoms with Crippen LogP contribution in [0, 0.1) is 16.0 Å². The number of nitrogens with one attached hydrogen (secondary N) is 1. The minimum Gasteiger partial charge on any atom is -0.298 e. The Bertz CT molecular complexity index is 595. The molecule has 0 aliphatic carbocycles. The molecule has 8 heteroatoms. The fraction of sp³-hybridized carbons (Fsp3) is 0.364. The van der Waals surface area contributed by atoms with E-state index in [0.717, 1.165) is 12.1 Å². The van der Waals surface area contributed by atoms with E-state index in [2.05, 4.69) is 4.72 Å². The smallest absolute Gasteiger partial charge is 0.289 e. The molecule has 104 valence electrons. The minimum absolute atomic E-state index is 0.290. The number of Topliss-reactive ketones (excluding diaryl/α,β-unsaturated/α-hetero) is 1. The standard InChI is InChI=1S/C11H14N2O5S/c1-8(2)10(14)7-12-19(17,18)11-6-4-3-5-9(11)13(15)16/h3-6,8,12H,7H2,1-2H3. The highest BCUT2D eigenvalue weighted by molar-refractivity contribution is 7.89. The molecule has 0 heterocycles. The summed E-state index contributed by atoms with van der Waals surface area (Å²) in [6.07, 6.45) is 0. The quantitative estimate of drug-likeness (QED) is 0.622. The summed E-state index contributed by atoms with van der Waals surface area (Å²) in [7, 11) is -4.08. The van der Waals surface area contributed by atoms with E-state index in [1.165, 1.54) is 12.1 Å². The van der Waals surface area contributed by atoms with Gasteiger partial charge < -0.3 is 0 Å². The number of nitro benzene ring substituents is 1. The third-order valence-corrected chi connectivity index (χ3v) is 3.88. The normalized spacial score (nSPS) is 11.5. The molecule has 0 aromatic heterocycles. The summed E-state index contributed by atoms with van der Waals surface area (Å²) in [5.74, 6) is -0.601. The maximum atomic E-state index is 11.9. The second kappa shape index (κ2) is 5.89. The number of benzene rings is 1. The zero-order valence-corrected chi connectivity index (χ0v) is 11.3. The van der Waals surface area contributed by atoms with Crippen molar-refractivity contribution in [3.05, 3.63) is 34.4 Å². The van der Waals surface area contributed by atoms with Crippen LogP contribution in [0.25, 0.3) is 0 Å². The Morgan fingerprint density at radius 2 is 1.95 bits per heavy atom. The van der Waals surface area contributed by atoms with Gasteiger partial charge in [-0.15, -0.1) is 0 Å². The molecule has 1 N–H and O–H groups in total. The van der Waals surface area contributed by atoms with E-state index in [1.54, 1.807) is 13.8 Å². The minimum atomic E-state index is -4.08. The second-order valence-corrected chi connectivity index (χ2v) is 5.91. The summed E-state index contributed by atoms with van der Waals surface area (Å²) >= 11 is 0. The van der Waals surface area contributed by atoms with Crippen LogP contribution >= 0.6 is 0 Å². The van der Waals surface area contributed by atoms with Crippen molar-refractivity contribution in [3.8, 4) is 0 Å². The van der Waals surface area contributed by atoms with Crippen LogP contribution in [0.4, 0.5) is 5.69 Å². The molecule has 0 unspecified atom stereocenters. The molecule has 1 aromatic rings. The molecule has 0 radical (unpaired) electrons. The number of nitro groups is 1. The third kappa shape index (κ3) is 3.83. The SMILES string of the molecule is CC(C)C(=O)CNS(=O)(=O)c1ccccc1[N+](=O)[O-]. The average molecular weight is 286 g/mol. The van der Waals surface area contributed by atoms with E-state index in [4.69, 9.17) is 0 Å². The lowest BCUT2D eigenvalue weighted by Crippen LogP contribution is -2.31. The Morgan fingerprint density at radius 3 is 2.47 bits per heavy atom. The monoisotopic (exact) mass is 286 g/mol. The van der Waals surface area contributed by atoms with Crippen LogP contribution < -0.4 is 4.72 Å². The van der Waals surface area contributed by atoms with Gasteiger partial charge in [0.2, 0.25) is 10.0 Å².